The normalized spacial score (nSPS) is 17.8. The molecule has 21 heavy (non-hydrogen) atoms. The maximum Gasteiger partial charge on any atom is 0.243 e. The Kier molecular flexibility index (Phi) is 5.90. The molecule has 0 radical (unpaired) electrons. The minimum Gasteiger partial charge on any atom is -0.494 e. The van der Waals surface area contributed by atoms with Crippen molar-refractivity contribution in [2.75, 3.05) is 25.6 Å². The summed E-state index contributed by atoms with van der Waals surface area (Å²) < 4.78 is 32.1. The fraction of sp³-hybridized carbons (Fsp3) is 0.600. The smallest absolute Gasteiger partial charge is 0.243 e. The number of sulfonamides is 1. The van der Waals surface area contributed by atoms with Crippen LogP contribution < -0.4 is 4.74 Å². The molecule has 0 unspecified atom stereocenters. The average Bonchev–Trinajstić information content (AvgIpc) is 2.48. The lowest BCUT2D eigenvalue weighted by Gasteiger charge is -2.29. The molecule has 4 nitrogen and oxygen atoms in total. The van der Waals surface area contributed by atoms with Crippen molar-refractivity contribution in [3.8, 4) is 5.75 Å². The van der Waals surface area contributed by atoms with Gasteiger partial charge in [-0.15, -0.1) is 11.6 Å². The van der Waals surface area contributed by atoms with Gasteiger partial charge in [0.25, 0.3) is 0 Å². The van der Waals surface area contributed by atoms with Gasteiger partial charge in [0.15, 0.2) is 0 Å². The summed E-state index contributed by atoms with van der Waals surface area (Å²) in [5.74, 6) is 1.83. The molecule has 0 bridgehead atoms. The van der Waals surface area contributed by atoms with Crippen LogP contribution in [0.4, 0.5) is 0 Å². The molecule has 1 heterocycles. The van der Waals surface area contributed by atoms with E-state index in [9.17, 15) is 8.42 Å². The number of ether oxygens (including phenoxy) is 1. The van der Waals surface area contributed by atoms with Gasteiger partial charge in [0.2, 0.25) is 10.0 Å². The van der Waals surface area contributed by atoms with Gasteiger partial charge in [0.05, 0.1) is 11.5 Å². The first-order chi connectivity index (χ1) is 10.0. The predicted octanol–water partition coefficient (Wildman–Crippen LogP) is 3.11. The van der Waals surface area contributed by atoms with Crippen LogP contribution in [0.1, 0.15) is 26.2 Å². The van der Waals surface area contributed by atoms with Crippen molar-refractivity contribution in [1.82, 2.24) is 4.31 Å². The molecule has 2 rings (SSSR count). The molecule has 1 aliphatic heterocycles. The van der Waals surface area contributed by atoms with Crippen LogP contribution in [0, 0.1) is 5.92 Å². The first kappa shape index (κ1) is 16.6. The van der Waals surface area contributed by atoms with Gasteiger partial charge in [0.1, 0.15) is 5.75 Å². The summed E-state index contributed by atoms with van der Waals surface area (Å²) in [6, 6.07) is 6.63. The Bertz CT molecular complexity index is 537. The highest BCUT2D eigenvalue weighted by atomic mass is 35.5. The van der Waals surface area contributed by atoms with Crippen molar-refractivity contribution in [3.63, 3.8) is 0 Å². The second-order valence-corrected chi connectivity index (χ2v) is 7.76. The number of nitrogens with zero attached hydrogens (tertiary/aromatic N) is 1. The Morgan fingerprint density at radius 1 is 1.24 bits per heavy atom. The van der Waals surface area contributed by atoms with E-state index in [0.29, 0.717) is 42.1 Å². The lowest BCUT2D eigenvalue weighted by atomic mass is 10.0. The molecule has 6 heteroatoms. The molecule has 0 aromatic heterocycles. The molecule has 0 saturated carbocycles. The Morgan fingerprint density at radius 2 is 1.86 bits per heavy atom. The van der Waals surface area contributed by atoms with Gasteiger partial charge in [-0.25, -0.2) is 8.42 Å². The standard InChI is InChI=1S/C15H22ClNO3S/c1-13-7-10-17(11-8-13)21(18,19)15-5-3-14(4-6-15)20-12-2-9-16/h3-6,13H,2,7-12H2,1H3. The fourth-order valence-corrected chi connectivity index (χ4v) is 3.91. The van der Waals surface area contributed by atoms with Crippen LogP contribution in [0.15, 0.2) is 29.2 Å². The zero-order valence-electron chi connectivity index (χ0n) is 12.3. The van der Waals surface area contributed by atoms with Crippen molar-refractivity contribution in [2.24, 2.45) is 5.92 Å². The molecule has 0 aliphatic carbocycles. The molecule has 1 aromatic carbocycles. The molecular weight excluding hydrogens is 310 g/mol. The van der Waals surface area contributed by atoms with Crippen LogP contribution in [0.3, 0.4) is 0 Å². The Labute approximate surface area is 132 Å². The topological polar surface area (TPSA) is 46.6 Å². The van der Waals surface area contributed by atoms with Crippen LogP contribution >= 0.6 is 11.6 Å². The molecule has 0 N–H and O–H groups in total. The summed E-state index contributed by atoms with van der Waals surface area (Å²) in [5.41, 5.74) is 0. The van der Waals surface area contributed by atoms with Crippen molar-refractivity contribution in [3.05, 3.63) is 24.3 Å². The van der Waals surface area contributed by atoms with E-state index in [4.69, 9.17) is 16.3 Å². The molecule has 0 amide bonds. The summed E-state index contributed by atoms with van der Waals surface area (Å²) >= 11 is 5.58. The average molecular weight is 332 g/mol. The molecular formula is C15H22ClNO3S. The molecule has 1 aromatic rings. The first-order valence-electron chi connectivity index (χ1n) is 7.33. The Hall–Kier alpha value is -0.780. The maximum atomic E-state index is 12.5. The third kappa shape index (κ3) is 4.34. The van der Waals surface area contributed by atoms with Gasteiger partial charge in [-0.1, -0.05) is 6.92 Å². The number of halogens is 1. The molecule has 118 valence electrons. The van der Waals surface area contributed by atoms with Crippen LogP contribution in [0.2, 0.25) is 0 Å². The summed E-state index contributed by atoms with van der Waals surface area (Å²) in [6.07, 6.45) is 2.63. The Morgan fingerprint density at radius 3 is 2.43 bits per heavy atom. The number of rotatable bonds is 6. The van der Waals surface area contributed by atoms with E-state index >= 15 is 0 Å². The quantitative estimate of drug-likeness (QED) is 0.594. The minimum atomic E-state index is -3.37. The second kappa shape index (κ2) is 7.47. The number of hydrogen-bond acceptors (Lipinski definition) is 3. The first-order valence-corrected chi connectivity index (χ1v) is 9.30. The number of piperidine rings is 1. The van der Waals surface area contributed by atoms with E-state index in [1.807, 2.05) is 0 Å². The highest BCUT2D eigenvalue weighted by Crippen LogP contribution is 2.24. The largest absolute Gasteiger partial charge is 0.494 e. The van der Waals surface area contributed by atoms with Crippen LogP contribution in [0.25, 0.3) is 0 Å². The van der Waals surface area contributed by atoms with Gasteiger partial charge in [-0.2, -0.15) is 4.31 Å². The van der Waals surface area contributed by atoms with Crippen LogP contribution in [-0.2, 0) is 10.0 Å². The van der Waals surface area contributed by atoms with Gasteiger partial charge in [-0.05, 0) is 49.4 Å². The highest BCUT2D eigenvalue weighted by Gasteiger charge is 2.27. The van der Waals surface area contributed by atoms with E-state index in [1.165, 1.54) is 0 Å². The van der Waals surface area contributed by atoms with E-state index in [1.54, 1.807) is 28.6 Å². The third-order valence-electron chi connectivity index (χ3n) is 3.75. The zero-order valence-corrected chi connectivity index (χ0v) is 13.9. The number of benzene rings is 1. The van der Waals surface area contributed by atoms with E-state index in [2.05, 4.69) is 6.92 Å². The highest BCUT2D eigenvalue weighted by molar-refractivity contribution is 7.89. The van der Waals surface area contributed by atoms with Crippen molar-refractivity contribution < 1.29 is 13.2 Å². The fourth-order valence-electron chi connectivity index (χ4n) is 2.33. The predicted molar refractivity (Wildman–Crippen MR) is 84.4 cm³/mol. The van der Waals surface area contributed by atoms with Gasteiger partial charge in [-0.3, -0.25) is 0 Å². The minimum absolute atomic E-state index is 0.335. The maximum absolute atomic E-state index is 12.5. The lowest BCUT2D eigenvalue weighted by Crippen LogP contribution is -2.37. The van der Waals surface area contributed by atoms with Crippen molar-refractivity contribution in [1.29, 1.82) is 0 Å². The third-order valence-corrected chi connectivity index (χ3v) is 5.93. The number of alkyl halides is 1. The van der Waals surface area contributed by atoms with Crippen molar-refractivity contribution >= 4 is 21.6 Å². The SMILES string of the molecule is CC1CCN(S(=O)(=O)c2ccc(OCCCCl)cc2)CC1. The van der Waals surface area contributed by atoms with E-state index in [0.717, 1.165) is 19.3 Å². The molecule has 0 spiro atoms. The Balaban J connectivity index is 2.03. The summed E-state index contributed by atoms with van der Waals surface area (Å²) in [6.45, 7) is 3.92. The molecule has 1 saturated heterocycles. The zero-order chi connectivity index (χ0) is 15.3. The molecule has 0 atom stereocenters. The second-order valence-electron chi connectivity index (χ2n) is 5.45. The molecule has 1 aliphatic rings. The van der Waals surface area contributed by atoms with Crippen molar-refractivity contribution in [2.45, 2.75) is 31.1 Å². The monoisotopic (exact) mass is 331 g/mol. The van der Waals surface area contributed by atoms with E-state index in [-0.39, 0.29) is 0 Å². The van der Waals surface area contributed by atoms with Gasteiger partial charge in [0, 0.05) is 19.0 Å². The van der Waals surface area contributed by atoms with Crippen LogP contribution in [0.5, 0.6) is 5.75 Å². The summed E-state index contributed by atoms with van der Waals surface area (Å²) in [5, 5.41) is 0. The van der Waals surface area contributed by atoms with E-state index < -0.39 is 10.0 Å². The lowest BCUT2D eigenvalue weighted by molar-refractivity contribution is 0.288. The summed E-state index contributed by atoms with van der Waals surface area (Å²) in [4.78, 5) is 0.335. The van der Waals surface area contributed by atoms with Gasteiger partial charge < -0.3 is 4.74 Å². The van der Waals surface area contributed by atoms with Crippen LogP contribution in [-0.4, -0.2) is 38.3 Å². The van der Waals surface area contributed by atoms with Gasteiger partial charge >= 0.3 is 0 Å². The number of hydrogen-bond donors (Lipinski definition) is 0. The summed E-state index contributed by atoms with van der Waals surface area (Å²) in [7, 11) is -3.37. The molecule has 1 fully saturated rings.